The molecule has 9 nitrogen and oxygen atoms in total. The van der Waals surface area contributed by atoms with Gasteiger partial charge in [-0.2, -0.15) is 4.89 Å². The molecule has 0 amide bonds. The third-order valence-corrected chi connectivity index (χ3v) is 7.76. The Morgan fingerprint density at radius 3 is 2.38 bits per heavy atom. The maximum absolute atomic E-state index is 13.1. The van der Waals surface area contributed by atoms with E-state index in [1.165, 1.54) is 33.8 Å². The summed E-state index contributed by atoms with van der Waals surface area (Å²) in [5.74, 6) is -9.79. The van der Waals surface area contributed by atoms with Gasteiger partial charge in [-0.25, -0.2) is 4.89 Å². The molecule has 4 rings (SSSR count). The van der Waals surface area contributed by atoms with Crippen LogP contribution in [0, 0.1) is 29.6 Å². The van der Waals surface area contributed by atoms with Crippen LogP contribution in [0.25, 0.3) is 0 Å². The smallest absolute Gasteiger partial charge is 0.210 e. The highest BCUT2D eigenvalue weighted by Crippen LogP contribution is 2.63. The van der Waals surface area contributed by atoms with Crippen LogP contribution in [0.1, 0.15) is 34.1 Å². The van der Waals surface area contributed by atoms with E-state index in [2.05, 4.69) is 0 Å². The second kappa shape index (κ2) is 5.94. The Hall–Kier alpha value is -1.20. The summed E-state index contributed by atoms with van der Waals surface area (Å²) < 4.78 is 0. The van der Waals surface area contributed by atoms with Gasteiger partial charge < -0.3 is 25.5 Å². The van der Waals surface area contributed by atoms with Gasteiger partial charge >= 0.3 is 0 Å². The maximum atomic E-state index is 13.1. The monoisotopic (exact) mass is 412 g/mol. The number of carbonyl (C=O) groups is 2. The molecule has 9 atom stereocenters. The van der Waals surface area contributed by atoms with E-state index in [9.17, 15) is 35.1 Å². The van der Waals surface area contributed by atoms with Gasteiger partial charge in [0.25, 0.3) is 0 Å². The summed E-state index contributed by atoms with van der Waals surface area (Å²) in [7, 11) is 0. The third kappa shape index (κ3) is 2.29. The summed E-state index contributed by atoms with van der Waals surface area (Å²) in [5, 5.41) is 55.7. The molecule has 3 fully saturated rings. The van der Waals surface area contributed by atoms with Crippen molar-refractivity contribution in [2.45, 2.75) is 62.8 Å². The van der Waals surface area contributed by atoms with E-state index in [0.717, 1.165) is 0 Å². The Labute approximate surface area is 167 Å². The van der Waals surface area contributed by atoms with Crippen molar-refractivity contribution in [3.8, 4) is 0 Å². The molecular weight excluding hydrogens is 384 g/mol. The van der Waals surface area contributed by atoms with Crippen LogP contribution < -0.4 is 0 Å². The van der Waals surface area contributed by atoms with Crippen molar-refractivity contribution in [1.82, 2.24) is 0 Å². The first-order chi connectivity index (χ1) is 13.3. The lowest BCUT2D eigenvalue weighted by molar-refractivity contribution is -0.529. The zero-order valence-electron chi connectivity index (χ0n) is 16.8. The molecule has 5 N–H and O–H groups in total. The molecule has 1 aliphatic heterocycles. The van der Waals surface area contributed by atoms with E-state index in [1.807, 2.05) is 0 Å². The van der Waals surface area contributed by atoms with Gasteiger partial charge in [-0.1, -0.05) is 13.0 Å². The van der Waals surface area contributed by atoms with Crippen molar-refractivity contribution in [3.63, 3.8) is 0 Å². The molecule has 1 heterocycles. The number of carbonyl (C=O) groups excluding carboxylic acids is 2. The van der Waals surface area contributed by atoms with Crippen LogP contribution in [-0.2, 0) is 19.4 Å². The standard InChI is InChI=1S/C20H28O9/c1-8-5-11-18(25,16(8)24)6-10(7-21)20(27)15-12(17(3,4)28-29-20)14(23)13(22)9(2)19(11,15)26/h5,9-13,15,21-22,25-27H,6-7H2,1-4H3/t9-,10+,11+,12+,13+,15-,18+,19+,20-/m0/s1. The van der Waals surface area contributed by atoms with Crippen molar-refractivity contribution in [3.05, 3.63) is 11.6 Å². The lowest BCUT2D eigenvalue weighted by Gasteiger charge is -2.61. The Bertz CT molecular complexity index is 806. The first-order valence-electron chi connectivity index (χ1n) is 9.86. The second-order valence-electron chi connectivity index (χ2n) is 9.66. The van der Waals surface area contributed by atoms with Gasteiger partial charge in [0, 0.05) is 17.8 Å². The Morgan fingerprint density at radius 1 is 1.17 bits per heavy atom. The van der Waals surface area contributed by atoms with Gasteiger partial charge in [-0.3, -0.25) is 9.59 Å². The van der Waals surface area contributed by atoms with Crippen LogP contribution in [0.4, 0.5) is 0 Å². The lowest BCUT2D eigenvalue weighted by Crippen LogP contribution is -2.76. The fourth-order valence-electron chi connectivity index (χ4n) is 6.19. The van der Waals surface area contributed by atoms with E-state index < -0.39 is 82.9 Å². The molecule has 4 aliphatic rings. The van der Waals surface area contributed by atoms with Crippen molar-refractivity contribution < 1.29 is 44.9 Å². The van der Waals surface area contributed by atoms with Gasteiger partial charge in [0.15, 0.2) is 11.6 Å². The summed E-state index contributed by atoms with van der Waals surface area (Å²) in [6, 6.07) is 0. The quantitative estimate of drug-likeness (QED) is 0.336. The van der Waals surface area contributed by atoms with Gasteiger partial charge in [-0.15, -0.1) is 0 Å². The highest BCUT2D eigenvalue weighted by Gasteiger charge is 2.78. The van der Waals surface area contributed by atoms with E-state index in [1.54, 1.807) is 0 Å². The van der Waals surface area contributed by atoms with Crippen molar-refractivity contribution in [1.29, 1.82) is 0 Å². The van der Waals surface area contributed by atoms with Gasteiger partial charge in [0.05, 0.1) is 24.0 Å². The van der Waals surface area contributed by atoms with Crippen LogP contribution in [0.15, 0.2) is 11.6 Å². The number of rotatable bonds is 1. The van der Waals surface area contributed by atoms with Gasteiger partial charge in [0.2, 0.25) is 5.79 Å². The number of hydrogen-bond donors (Lipinski definition) is 5. The Kier molecular flexibility index (Phi) is 4.31. The lowest BCUT2D eigenvalue weighted by atomic mass is 9.51. The first-order valence-corrected chi connectivity index (χ1v) is 9.86. The summed E-state index contributed by atoms with van der Waals surface area (Å²) in [6.07, 6.45) is -0.587. The molecule has 0 unspecified atom stereocenters. The topological polar surface area (TPSA) is 154 Å². The molecule has 2 saturated carbocycles. The minimum Gasteiger partial charge on any atom is -0.396 e. The Balaban J connectivity index is 2.05. The second-order valence-corrected chi connectivity index (χ2v) is 9.66. The van der Waals surface area contributed by atoms with Crippen LogP contribution in [0.5, 0.6) is 0 Å². The average molecular weight is 412 g/mol. The highest BCUT2D eigenvalue weighted by atomic mass is 17.2. The summed E-state index contributed by atoms with van der Waals surface area (Å²) in [4.78, 5) is 36.6. The molecule has 0 spiro atoms. The Morgan fingerprint density at radius 2 is 1.79 bits per heavy atom. The molecule has 0 aromatic rings. The number of Topliss-reactive ketones (excluding diaryl/α,β-unsaturated/α-hetero) is 2. The van der Waals surface area contributed by atoms with Gasteiger partial charge in [-0.05, 0) is 32.8 Å². The van der Waals surface area contributed by atoms with Crippen LogP contribution in [-0.4, -0.2) is 72.4 Å². The highest BCUT2D eigenvalue weighted by molar-refractivity contribution is 6.04. The SMILES string of the molecule is CC1=C[C@H]2[C@@]3(O)[C@@H]4[C@@H](C(=O)[C@H](O)[C@@H]3C)C(C)(C)OO[C@@]4(O)[C@@H](CO)C[C@]2(O)C1=O. The van der Waals surface area contributed by atoms with E-state index in [0.29, 0.717) is 0 Å². The third-order valence-electron chi connectivity index (χ3n) is 7.76. The molecule has 1 saturated heterocycles. The molecular formula is C20H28O9. The summed E-state index contributed by atoms with van der Waals surface area (Å²) >= 11 is 0. The largest absolute Gasteiger partial charge is 0.396 e. The molecule has 3 aliphatic carbocycles. The first kappa shape index (κ1) is 21.0. The zero-order valence-corrected chi connectivity index (χ0v) is 16.8. The van der Waals surface area contributed by atoms with Crippen LogP contribution in [0.2, 0.25) is 0 Å². The zero-order chi connectivity index (χ0) is 21.7. The van der Waals surface area contributed by atoms with Gasteiger partial charge in [0.1, 0.15) is 17.3 Å². The van der Waals surface area contributed by atoms with Crippen molar-refractivity contribution >= 4 is 11.6 Å². The number of hydrogen-bond acceptors (Lipinski definition) is 9. The molecule has 162 valence electrons. The predicted octanol–water partition coefficient (Wildman–Crippen LogP) is -1.15. The van der Waals surface area contributed by atoms with E-state index >= 15 is 0 Å². The van der Waals surface area contributed by atoms with E-state index in [-0.39, 0.29) is 5.57 Å². The molecule has 0 bridgehead atoms. The summed E-state index contributed by atoms with van der Waals surface area (Å²) in [5.41, 5.74) is -5.33. The maximum Gasteiger partial charge on any atom is 0.210 e. The minimum atomic E-state index is -2.37. The number of fused-ring (bicyclic) bond motifs is 2. The molecule has 0 radical (unpaired) electrons. The van der Waals surface area contributed by atoms with Crippen molar-refractivity contribution in [2.24, 2.45) is 29.6 Å². The average Bonchev–Trinajstić information content (AvgIpc) is 2.85. The predicted molar refractivity (Wildman–Crippen MR) is 95.7 cm³/mol. The number of aliphatic hydroxyl groups is 5. The molecule has 9 heteroatoms. The van der Waals surface area contributed by atoms with Crippen molar-refractivity contribution in [2.75, 3.05) is 6.61 Å². The minimum absolute atomic E-state index is 0.232. The summed E-state index contributed by atoms with van der Waals surface area (Å²) in [6.45, 7) is 5.32. The normalized spacial score (nSPS) is 53.8. The van der Waals surface area contributed by atoms with Crippen LogP contribution >= 0.6 is 0 Å². The van der Waals surface area contributed by atoms with E-state index in [4.69, 9.17) is 9.78 Å². The number of ketones is 2. The molecule has 0 aromatic carbocycles. The fourth-order valence-corrected chi connectivity index (χ4v) is 6.19. The molecule has 0 aromatic heterocycles. The fraction of sp³-hybridized carbons (Fsp3) is 0.800. The van der Waals surface area contributed by atoms with Crippen LogP contribution in [0.3, 0.4) is 0 Å². The molecule has 29 heavy (non-hydrogen) atoms. The number of aliphatic hydroxyl groups excluding tert-OH is 2.